The van der Waals surface area contributed by atoms with Crippen molar-refractivity contribution in [2.24, 2.45) is 0 Å². The molecular weight excluding hydrogens is 362 g/mol. The van der Waals surface area contributed by atoms with Crippen LogP contribution >= 0.6 is 23.4 Å². The quantitative estimate of drug-likeness (QED) is 0.524. The number of thioether (sulfide) groups is 1. The Morgan fingerprint density at radius 3 is 2.84 bits per heavy atom. The molecule has 2 N–H and O–H groups in total. The lowest BCUT2D eigenvalue weighted by Crippen LogP contribution is -2.17. The number of methoxy groups -OCH3 is 1. The van der Waals surface area contributed by atoms with E-state index < -0.39 is 5.97 Å². The fourth-order valence-electron chi connectivity index (χ4n) is 2.23. The van der Waals surface area contributed by atoms with Crippen molar-refractivity contribution in [3.63, 3.8) is 0 Å². The van der Waals surface area contributed by atoms with E-state index in [9.17, 15) is 9.59 Å². The summed E-state index contributed by atoms with van der Waals surface area (Å²) in [5, 5.41) is 3.74. The second-order valence-corrected chi connectivity index (χ2v) is 6.48. The average Bonchev–Trinajstić information content (AvgIpc) is 3.02. The SMILES string of the molecule is COC(=O)c1ccc(Cl)cc1NC(=O)CSc1nc2ccccc2[nH]1. The number of ether oxygens (including phenoxy) is 1. The summed E-state index contributed by atoms with van der Waals surface area (Å²) in [6, 6.07) is 12.2. The summed E-state index contributed by atoms with van der Waals surface area (Å²) in [5.41, 5.74) is 2.31. The van der Waals surface area contributed by atoms with Gasteiger partial charge in [0.2, 0.25) is 5.91 Å². The molecule has 0 atom stereocenters. The van der Waals surface area contributed by atoms with Crippen molar-refractivity contribution in [2.75, 3.05) is 18.2 Å². The van der Waals surface area contributed by atoms with Crippen LogP contribution in [0, 0.1) is 0 Å². The Bertz CT molecular complexity index is 909. The number of anilines is 1. The Morgan fingerprint density at radius 2 is 2.08 bits per heavy atom. The van der Waals surface area contributed by atoms with Gasteiger partial charge in [-0.05, 0) is 30.3 Å². The number of esters is 1. The number of hydrogen-bond donors (Lipinski definition) is 2. The Hall–Kier alpha value is -2.51. The Kier molecular flexibility index (Phi) is 5.25. The van der Waals surface area contributed by atoms with E-state index in [1.165, 1.54) is 31.0 Å². The maximum atomic E-state index is 12.2. The van der Waals surface area contributed by atoms with Crippen molar-refractivity contribution in [1.29, 1.82) is 0 Å². The Labute approximate surface area is 152 Å². The molecule has 6 nitrogen and oxygen atoms in total. The molecule has 0 fully saturated rings. The molecule has 0 spiro atoms. The number of amides is 1. The number of halogens is 1. The number of H-pyrrole nitrogens is 1. The minimum absolute atomic E-state index is 0.132. The van der Waals surface area contributed by atoms with Gasteiger partial charge in [-0.3, -0.25) is 4.79 Å². The van der Waals surface area contributed by atoms with E-state index in [1.54, 1.807) is 6.07 Å². The molecular formula is C17H14ClN3O3S. The Balaban J connectivity index is 1.68. The van der Waals surface area contributed by atoms with E-state index in [-0.39, 0.29) is 17.2 Å². The first kappa shape index (κ1) is 17.3. The standard InChI is InChI=1S/C17H14ClN3O3S/c1-24-16(23)11-7-6-10(18)8-14(11)19-15(22)9-25-17-20-12-4-2-3-5-13(12)21-17/h2-8H,9H2,1H3,(H,19,22)(H,20,21). The Morgan fingerprint density at radius 1 is 1.28 bits per heavy atom. The summed E-state index contributed by atoms with van der Waals surface area (Å²) in [7, 11) is 1.28. The monoisotopic (exact) mass is 375 g/mol. The third-order valence-electron chi connectivity index (χ3n) is 3.37. The topological polar surface area (TPSA) is 84.1 Å². The molecule has 2 aromatic carbocycles. The van der Waals surface area contributed by atoms with Gasteiger partial charge in [-0.15, -0.1) is 0 Å². The molecule has 0 saturated carbocycles. The molecule has 25 heavy (non-hydrogen) atoms. The molecule has 0 saturated heterocycles. The number of carbonyl (C=O) groups excluding carboxylic acids is 2. The van der Waals surface area contributed by atoms with Crippen LogP contribution in [0.25, 0.3) is 11.0 Å². The van der Waals surface area contributed by atoms with Gasteiger partial charge in [-0.1, -0.05) is 35.5 Å². The van der Waals surface area contributed by atoms with Crippen LogP contribution in [0.3, 0.4) is 0 Å². The zero-order chi connectivity index (χ0) is 17.8. The normalized spacial score (nSPS) is 10.6. The number of hydrogen-bond acceptors (Lipinski definition) is 5. The van der Waals surface area contributed by atoms with E-state index in [1.807, 2.05) is 24.3 Å². The van der Waals surface area contributed by atoms with Gasteiger partial charge in [0.05, 0.1) is 35.1 Å². The molecule has 0 aliphatic rings. The number of nitrogens with zero attached hydrogens (tertiary/aromatic N) is 1. The van der Waals surface area contributed by atoms with Gasteiger partial charge < -0.3 is 15.0 Å². The summed E-state index contributed by atoms with van der Waals surface area (Å²) in [5.74, 6) is -0.692. The van der Waals surface area contributed by atoms with Crippen LogP contribution in [0.2, 0.25) is 5.02 Å². The maximum Gasteiger partial charge on any atom is 0.339 e. The van der Waals surface area contributed by atoms with Crippen molar-refractivity contribution in [2.45, 2.75) is 5.16 Å². The van der Waals surface area contributed by atoms with E-state index >= 15 is 0 Å². The van der Waals surface area contributed by atoms with Gasteiger partial charge in [-0.25, -0.2) is 9.78 Å². The lowest BCUT2D eigenvalue weighted by Gasteiger charge is -2.09. The predicted octanol–water partition coefficient (Wildman–Crippen LogP) is 3.73. The van der Waals surface area contributed by atoms with E-state index in [2.05, 4.69) is 15.3 Å². The highest BCUT2D eigenvalue weighted by molar-refractivity contribution is 7.99. The minimum Gasteiger partial charge on any atom is -0.465 e. The van der Waals surface area contributed by atoms with Crippen molar-refractivity contribution >= 4 is 52.0 Å². The number of fused-ring (bicyclic) bond motifs is 1. The molecule has 0 unspecified atom stereocenters. The zero-order valence-corrected chi connectivity index (χ0v) is 14.8. The van der Waals surface area contributed by atoms with Crippen molar-refractivity contribution in [1.82, 2.24) is 9.97 Å². The number of para-hydroxylation sites is 2. The molecule has 0 radical (unpaired) electrons. The number of rotatable bonds is 5. The molecule has 128 valence electrons. The van der Waals surface area contributed by atoms with E-state index in [0.29, 0.717) is 15.9 Å². The van der Waals surface area contributed by atoms with E-state index in [4.69, 9.17) is 16.3 Å². The summed E-state index contributed by atoms with van der Waals surface area (Å²) in [4.78, 5) is 31.5. The van der Waals surface area contributed by atoms with Crippen LogP contribution in [-0.2, 0) is 9.53 Å². The van der Waals surface area contributed by atoms with Gasteiger partial charge >= 0.3 is 5.97 Å². The molecule has 0 aliphatic carbocycles. The van der Waals surface area contributed by atoms with Gasteiger partial charge in [-0.2, -0.15) is 0 Å². The number of aromatic nitrogens is 2. The van der Waals surface area contributed by atoms with Crippen LogP contribution in [-0.4, -0.2) is 34.7 Å². The maximum absolute atomic E-state index is 12.2. The molecule has 0 bridgehead atoms. The first-order valence-electron chi connectivity index (χ1n) is 7.32. The largest absolute Gasteiger partial charge is 0.465 e. The average molecular weight is 376 g/mol. The molecule has 1 amide bonds. The molecule has 0 aliphatic heterocycles. The van der Waals surface area contributed by atoms with Gasteiger partial charge in [0, 0.05) is 5.02 Å². The van der Waals surface area contributed by atoms with Crippen LogP contribution in [0.15, 0.2) is 47.6 Å². The summed E-state index contributed by atoms with van der Waals surface area (Å²) in [6.07, 6.45) is 0. The van der Waals surface area contributed by atoms with Crippen LogP contribution in [0.5, 0.6) is 0 Å². The van der Waals surface area contributed by atoms with Crippen LogP contribution in [0.1, 0.15) is 10.4 Å². The van der Waals surface area contributed by atoms with Crippen LogP contribution in [0.4, 0.5) is 5.69 Å². The highest BCUT2D eigenvalue weighted by atomic mass is 35.5. The summed E-state index contributed by atoms with van der Waals surface area (Å²) >= 11 is 7.21. The minimum atomic E-state index is -0.545. The lowest BCUT2D eigenvalue weighted by atomic mass is 10.2. The number of nitrogens with one attached hydrogen (secondary N) is 2. The third kappa shape index (κ3) is 4.12. The smallest absolute Gasteiger partial charge is 0.339 e. The second-order valence-electron chi connectivity index (χ2n) is 5.08. The predicted molar refractivity (Wildman–Crippen MR) is 98.2 cm³/mol. The first-order chi connectivity index (χ1) is 12.1. The van der Waals surface area contributed by atoms with Gasteiger partial charge in [0.1, 0.15) is 0 Å². The van der Waals surface area contributed by atoms with E-state index in [0.717, 1.165) is 11.0 Å². The highest BCUT2D eigenvalue weighted by Gasteiger charge is 2.15. The van der Waals surface area contributed by atoms with Crippen molar-refractivity contribution < 1.29 is 14.3 Å². The number of carbonyl (C=O) groups is 2. The van der Waals surface area contributed by atoms with Crippen LogP contribution < -0.4 is 5.32 Å². The molecule has 1 aromatic heterocycles. The van der Waals surface area contributed by atoms with Gasteiger partial charge in [0.15, 0.2) is 5.16 Å². The summed E-state index contributed by atoms with van der Waals surface area (Å²) < 4.78 is 4.71. The molecule has 1 heterocycles. The van der Waals surface area contributed by atoms with Gasteiger partial charge in [0.25, 0.3) is 0 Å². The van der Waals surface area contributed by atoms with Crippen molar-refractivity contribution in [3.8, 4) is 0 Å². The third-order valence-corrected chi connectivity index (χ3v) is 4.48. The number of benzene rings is 2. The number of imidazole rings is 1. The molecule has 8 heteroatoms. The zero-order valence-electron chi connectivity index (χ0n) is 13.2. The lowest BCUT2D eigenvalue weighted by molar-refractivity contribution is -0.113. The second kappa shape index (κ2) is 7.58. The number of aromatic amines is 1. The fraction of sp³-hybridized carbons (Fsp3) is 0.118. The van der Waals surface area contributed by atoms with Crippen molar-refractivity contribution in [3.05, 3.63) is 53.1 Å². The fourth-order valence-corrected chi connectivity index (χ4v) is 3.08. The summed E-state index contributed by atoms with van der Waals surface area (Å²) in [6.45, 7) is 0. The highest BCUT2D eigenvalue weighted by Crippen LogP contribution is 2.23. The molecule has 3 rings (SSSR count). The first-order valence-corrected chi connectivity index (χ1v) is 8.68. The molecule has 3 aromatic rings.